The van der Waals surface area contributed by atoms with Gasteiger partial charge in [0.05, 0.1) is 11.6 Å². The number of nitrogens with zero attached hydrogens (tertiary/aromatic N) is 5. The molecule has 0 aliphatic carbocycles. The first-order valence-corrected chi connectivity index (χ1v) is 13.7. The molecular formula is C30H30F3N7O. The molecule has 2 aromatic heterocycles. The molecule has 4 aromatic rings. The molecule has 8 nitrogen and oxygen atoms in total. The molecule has 11 heteroatoms. The number of amides is 1. The summed E-state index contributed by atoms with van der Waals surface area (Å²) in [6.45, 7) is 4.85. The van der Waals surface area contributed by atoms with E-state index < -0.39 is 11.7 Å². The second-order valence-electron chi connectivity index (χ2n) is 10.6. The fraction of sp³-hybridized carbons (Fsp3) is 0.333. The van der Waals surface area contributed by atoms with E-state index in [4.69, 9.17) is 0 Å². The zero-order chi connectivity index (χ0) is 28.6. The van der Waals surface area contributed by atoms with Crippen LogP contribution < -0.4 is 10.6 Å². The first-order chi connectivity index (χ1) is 19.7. The van der Waals surface area contributed by atoms with E-state index in [0.29, 0.717) is 17.7 Å². The number of alkyl halides is 3. The fourth-order valence-electron chi connectivity index (χ4n) is 5.65. The largest absolute Gasteiger partial charge is 0.416 e. The van der Waals surface area contributed by atoms with Crippen LogP contribution in [-0.4, -0.2) is 56.0 Å². The lowest BCUT2D eigenvalue weighted by Crippen LogP contribution is -2.57. The van der Waals surface area contributed by atoms with E-state index in [2.05, 4.69) is 30.5 Å². The number of carbonyl (C=O) groups excluding carboxylic acids is 1. The molecule has 1 unspecified atom stereocenters. The van der Waals surface area contributed by atoms with Gasteiger partial charge in [-0.15, -0.1) is 0 Å². The van der Waals surface area contributed by atoms with Crippen molar-refractivity contribution in [2.75, 3.05) is 25.0 Å². The highest BCUT2D eigenvalue weighted by atomic mass is 19.4. The van der Waals surface area contributed by atoms with Gasteiger partial charge in [0.1, 0.15) is 17.3 Å². The Morgan fingerprint density at radius 1 is 1.02 bits per heavy atom. The Balaban J connectivity index is 1.34. The Morgan fingerprint density at radius 3 is 2.51 bits per heavy atom. The Kier molecular flexibility index (Phi) is 7.21. The van der Waals surface area contributed by atoms with E-state index in [1.54, 1.807) is 22.9 Å². The molecule has 2 N–H and O–H groups in total. The van der Waals surface area contributed by atoms with Crippen LogP contribution in [0.2, 0.25) is 0 Å². The second-order valence-corrected chi connectivity index (χ2v) is 10.6. The predicted octanol–water partition coefficient (Wildman–Crippen LogP) is 5.35. The minimum Gasteiger partial charge on any atom is -0.348 e. The Labute approximate surface area is 235 Å². The third kappa shape index (κ3) is 5.81. The molecule has 3 aliphatic heterocycles. The molecule has 0 radical (unpaired) electrons. The normalized spacial score (nSPS) is 20.9. The average molecular weight is 562 g/mol. The summed E-state index contributed by atoms with van der Waals surface area (Å²) in [7, 11) is 0. The van der Waals surface area contributed by atoms with Crippen LogP contribution in [0, 0.1) is 5.92 Å². The van der Waals surface area contributed by atoms with E-state index in [1.165, 1.54) is 12.3 Å². The lowest BCUT2D eigenvalue weighted by molar-refractivity contribution is -0.137. The zero-order valence-electron chi connectivity index (χ0n) is 22.5. The molecule has 3 saturated heterocycles. The van der Waals surface area contributed by atoms with Crippen LogP contribution in [0.15, 0.2) is 73.1 Å². The first-order valence-electron chi connectivity index (χ1n) is 13.7. The fourth-order valence-corrected chi connectivity index (χ4v) is 5.65. The van der Waals surface area contributed by atoms with Crippen molar-refractivity contribution in [2.24, 2.45) is 5.92 Å². The summed E-state index contributed by atoms with van der Waals surface area (Å²) in [6.07, 6.45) is 0.632. The number of fused-ring (bicyclic) bond motifs is 3. The summed E-state index contributed by atoms with van der Waals surface area (Å²) in [5.41, 5.74) is 0.567. The molecule has 1 amide bonds. The molecule has 0 saturated carbocycles. The second kappa shape index (κ2) is 11.0. The van der Waals surface area contributed by atoms with Crippen molar-refractivity contribution < 1.29 is 18.0 Å². The number of nitrogens with one attached hydrogen (secondary N) is 2. The topological polar surface area (TPSA) is 88.0 Å². The number of rotatable bonds is 7. The molecular weight excluding hydrogens is 531 g/mol. The zero-order valence-corrected chi connectivity index (χ0v) is 22.5. The summed E-state index contributed by atoms with van der Waals surface area (Å²) >= 11 is 0. The highest BCUT2D eigenvalue weighted by Crippen LogP contribution is 2.33. The van der Waals surface area contributed by atoms with E-state index in [1.807, 2.05) is 37.3 Å². The van der Waals surface area contributed by atoms with E-state index in [0.717, 1.165) is 50.2 Å². The molecule has 3 aliphatic rings. The molecule has 7 rings (SSSR count). The van der Waals surface area contributed by atoms with E-state index in [-0.39, 0.29) is 35.1 Å². The number of benzene rings is 2. The van der Waals surface area contributed by atoms with Crippen LogP contribution in [-0.2, 0) is 6.18 Å². The third-order valence-electron chi connectivity index (χ3n) is 7.89. The van der Waals surface area contributed by atoms with E-state index in [9.17, 15) is 18.0 Å². The van der Waals surface area contributed by atoms with Crippen LogP contribution in [0.25, 0.3) is 17.2 Å². The number of anilines is 1. The number of hydrogen-bond donors (Lipinski definition) is 2. The Morgan fingerprint density at radius 2 is 1.80 bits per heavy atom. The SMILES string of the molecule is CC(Nc1nccc(-n2cc(C(=O)N[C@@H]3CN4CCC3CC4)nc2-c2cccc(C(F)(F)F)c2)n1)c1ccccc1. The smallest absolute Gasteiger partial charge is 0.348 e. The third-order valence-corrected chi connectivity index (χ3v) is 7.89. The standard InChI is InChI=1S/C30H30F3N7O/c1-19(20-6-3-2-4-7-20)35-29-34-13-10-26(38-29)40-18-25(28(41)37-24-17-39-14-11-21(24)12-15-39)36-27(40)22-8-5-9-23(16-22)30(31,32)33/h2-10,13,16,18-19,21,24H,11-12,14-15,17H2,1H3,(H,37,41)(H,34,35,38)/t19?,24-/m1/s1. The number of hydrogen-bond acceptors (Lipinski definition) is 6. The van der Waals surface area contributed by atoms with Gasteiger partial charge >= 0.3 is 6.18 Å². The number of imidazole rings is 1. The molecule has 2 atom stereocenters. The quantitative estimate of drug-likeness (QED) is 0.317. The van der Waals surface area contributed by atoms with Gasteiger partial charge in [0.15, 0.2) is 0 Å². The van der Waals surface area contributed by atoms with Crippen molar-refractivity contribution >= 4 is 11.9 Å². The van der Waals surface area contributed by atoms with Gasteiger partial charge < -0.3 is 15.5 Å². The lowest BCUT2D eigenvalue weighted by Gasteiger charge is -2.44. The lowest BCUT2D eigenvalue weighted by atomic mass is 9.84. The van der Waals surface area contributed by atoms with Crippen molar-refractivity contribution in [3.8, 4) is 17.2 Å². The van der Waals surface area contributed by atoms with Gasteiger partial charge in [-0.1, -0.05) is 42.5 Å². The van der Waals surface area contributed by atoms with Gasteiger partial charge in [-0.2, -0.15) is 18.2 Å². The monoisotopic (exact) mass is 561 g/mol. The molecule has 0 spiro atoms. The Bertz CT molecular complexity index is 1530. The van der Waals surface area contributed by atoms with Crippen LogP contribution in [0.3, 0.4) is 0 Å². The maximum Gasteiger partial charge on any atom is 0.416 e. The summed E-state index contributed by atoms with van der Waals surface area (Å²) in [6, 6.07) is 16.3. The van der Waals surface area contributed by atoms with Crippen LogP contribution in [0.5, 0.6) is 0 Å². The van der Waals surface area contributed by atoms with Gasteiger partial charge in [-0.05, 0) is 62.5 Å². The molecule has 212 valence electrons. The van der Waals surface area contributed by atoms with Gasteiger partial charge in [0, 0.05) is 30.5 Å². The highest BCUT2D eigenvalue weighted by molar-refractivity contribution is 5.93. The summed E-state index contributed by atoms with van der Waals surface area (Å²) in [5.74, 6) is 0.929. The van der Waals surface area contributed by atoms with Crippen LogP contribution >= 0.6 is 0 Å². The number of carbonyl (C=O) groups is 1. The van der Waals surface area contributed by atoms with Gasteiger partial charge in [-0.25, -0.2) is 9.97 Å². The van der Waals surface area contributed by atoms with Crippen molar-refractivity contribution in [3.63, 3.8) is 0 Å². The minimum absolute atomic E-state index is 0.0153. The van der Waals surface area contributed by atoms with Crippen LogP contribution in [0.1, 0.15) is 47.4 Å². The number of piperidine rings is 3. The summed E-state index contributed by atoms with van der Waals surface area (Å²) in [4.78, 5) is 29.2. The van der Waals surface area contributed by atoms with Crippen molar-refractivity contribution in [1.82, 2.24) is 29.7 Å². The van der Waals surface area contributed by atoms with Crippen molar-refractivity contribution in [3.05, 3.63) is 89.9 Å². The minimum atomic E-state index is -4.52. The van der Waals surface area contributed by atoms with Crippen molar-refractivity contribution in [1.29, 1.82) is 0 Å². The molecule has 5 heterocycles. The Hall–Kier alpha value is -4.25. The van der Waals surface area contributed by atoms with Crippen molar-refractivity contribution in [2.45, 2.75) is 38.0 Å². The van der Waals surface area contributed by atoms with Gasteiger partial charge in [0.25, 0.3) is 5.91 Å². The molecule has 2 aromatic carbocycles. The maximum atomic E-state index is 13.6. The summed E-state index contributed by atoms with van der Waals surface area (Å²) < 4.78 is 42.2. The summed E-state index contributed by atoms with van der Waals surface area (Å²) in [5, 5.41) is 6.39. The molecule has 41 heavy (non-hydrogen) atoms. The van der Waals surface area contributed by atoms with E-state index >= 15 is 0 Å². The predicted molar refractivity (Wildman–Crippen MR) is 148 cm³/mol. The average Bonchev–Trinajstić information content (AvgIpc) is 3.44. The number of aromatic nitrogens is 4. The molecule has 2 bridgehead atoms. The molecule has 3 fully saturated rings. The van der Waals surface area contributed by atoms with Gasteiger partial charge in [-0.3, -0.25) is 9.36 Å². The number of halogens is 3. The van der Waals surface area contributed by atoms with Gasteiger partial charge in [0.2, 0.25) is 5.95 Å². The maximum absolute atomic E-state index is 13.6. The highest BCUT2D eigenvalue weighted by Gasteiger charge is 2.36. The first kappa shape index (κ1) is 26.9. The van der Waals surface area contributed by atoms with Crippen LogP contribution in [0.4, 0.5) is 19.1 Å².